The molecule has 2 N–H and O–H groups in total. The molecule has 0 radical (unpaired) electrons. The van der Waals surface area contributed by atoms with E-state index in [1.165, 1.54) is 23.5 Å². The Balaban J connectivity index is 1.41. The largest absolute Gasteiger partial charge is 0.355 e. The van der Waals surface area contributed by atoms with E-state index < -0.39 is 0 Å². The van der Waals surface area contributed by atoms with Gasteiger partial charge >= 0.3 is 0 Å². The fourth-order valence-corrected chi connectivity index (χ4v) is 8.35. The summed E-state index contributed by atoms with van der Waals surface area (Å²) < 4.78 is 0. The number of carbonyl (C=O) groups is 2. The molecule has 0 unspecified atom stereocenters. The van der Waals surface area contributed by atoms with Crippen molar-refractivity contribution in [3.63, 3.8) is 0 Å². The Morgan fingerprint density at radius 1 is 0.396 bits per heavy atom. The average molecular weight is 699 g/mol. The summed E-state index contributed by atoms with van der Waals surface area (Å²) in [6.45, 7) is 0. The summed E-state index contributed by atoms with van der Waals surface area (Å²) >= 11 is 6.38. The second-order valence-electron chi connectivity index (χ2n) is 10.9. The summed E-state index contributed by atoms with van der Waals surface area (Å²) in [4.78, 5) is 35.9. The molecule has 0 saturated heterocycles. The van der Waals surface area contributed by atoms with E-state index in [1.54, 1.807) is 23.5 Å². The SMILES string of the molecule is CSc1ccc(Sc2ccc(Sc3ccc(SC)cc3)c3c2C(=O)c2c(Nc4ccccc4)ccc(Nc4ccccc4)c2C3=O)cc1. The molecule has 236 valence electrons. The lowest BCUT2D eigenvalue weighted by Gasteiger charge is -2.27. The number of benzene rings is 6. The Morgan fingerprint density at radius 3 is 1.10 bits per heavy atom. The normalized spacial score (nSPS) is 12.0. The van der Waals surface area contributed by atoms with Gasteiger partial charge in [-0.2, -0.15) is 0 Å². The van der Waals surface area contributed by atoms with Crippen LogP contribution >= 0.6 is 47.0 Å². The van der Waals surface area contributed by atoms with Gasteiger partial charge in [0.2, 0.25) is 0 Å². The molecule has 0 fully saturated rings. The molecule has 0 heterocycles. The molecule has 7 rings (SSSR count). The maximum Gasteiger partial charge on any atom is 0.197 e. The van der Waals surface area contributed by atoms with E-state index in [2.05, 4.69) is 59.2 Å². The molecule has 48 heavy (non-hydrogen) atoms. The molecule has 0 amide bonds. The predicted molar refractivity (Wildman–Crippen MR) is 204 cm³/mol. The van der Waals surface area contributed by atoms with Gasteiger partial charge in [-0.25, -0.2) is 0 Å². The lowest BCUT2D eigenvalue weighted by Crippen LogP contribution is -2.25. The van der Waals surface area contributed by atoms with E-state index in [0.717, 1.165) is 40.7 Å². The summed E-state index contributed by atoms with van der Waals surface area (Å²) in [6.07, 6.45) is 4.10. The van der Waals surface area contributed by atoms with Crippen molar-refractivity contribution in [2.45, 2.75) is 29.4 Å². The fourth-order valence-electron chi connectivity index (χ4n) is 5.61. The lowest BCUT2D eigenvalue weighted by molar-refractivity contribution is 0.0976. The second kappa shape index (κ2) is 14.4. The Kier molecular flexibility index (Phi) is 9.68. The minimum absolute atomic E-state index is 0.182. The van der Waals surface area contributed by atoms with Gasteiger partial charge in [0, 0.05) is 51.9 Å². The van der Waals surface area contributed by atoms with Gasteiger partial charge in [0.25, 0.3) is 0 Å². The molecule has 0 aliphatic heterocycles. The van der Waals surface area contributed by atoms with E-state index in [0.29, 0.717) is 33.6 Å². The lowest BCUT2D eigenvalue weighted by atomic mass is 9.82. The van der Waals surface area contributed by atoms with Crippen LogP contribution in [0.1, 0.15) is 31.8 Å². The zero-order chi connectivity index (χ0) is 33.0. The first-order valence-electron chi connectivity index (χ1n) is 15.2. The first-order valence-corrected chi connectivity index (χ1v) is 19.3. The van der Waals surface area contributed by atoms with Crippen LogP contribution in [-0.4, -0.2) is 24.1 Å². The number of carbonyl (C=O) groups excluding carboxylic acids is 2. The molecule has 1 aliphatic rings. The second-order valence-corrected chi connectivity index (χ2v) is 14.9. The third-order valence-electron chi connectivity index (χ3n) is 7.92. The van der Waals surface area contributed by atoms with Crippen LogP contribution in [0.25, 0.3) is 0 Å². The highest BCUT2D eigenvalue weighted by molar-refractivity contribution is 8.00. The zero-order valence-corrected chi connectivity index (χ0v) is 29.4. The minimum Gasteiger partial charge on any atom is -0.355 e. The van der Waals surface area contributed by atoms with Gasteiger partial charge in [-0.3, -0.25) is 9.59 Å². The standard InChI is InChI=1S/C40H30N2O2S4/c1-45-27-13-17-29(18-14-27)47-33-23-24-34(48-30-19-15-28(46-2)16-20-30)38-37(33)39(43)35-31(41-25-9-5-3-6-10-25)21-22-32(36(35)40(38)44)42-26-11-7-4-8-12-26/h3-24,41-42H,1-2H3. The van der Waals surface area contributed by atoms with Crippen molar-refractivity contribution in [1.82, 2.24) is 0 Å². The fraction of sp³-hybridized carbons (Fsp3) is 0.0500. The van der Waals surface area contributed by atoms with Crippen molar-refractivity contribution in [3.05, 3.63) is 156 Å². The smallest absolute Gasteiger partial charge is 0.197 e. The van der Waals surface area contributed by atoms with Gasteiger partial charge in [0.15, 0.2) is 11.6 Å². The number of ketones is 2. The number of rotatable bonds is 10. The number of hydrogen-bond acceptors (Lipinski definition) is 8. The Bertz CT molecular complexity index is 1970. The summed E-state index contributed by atoms with van der Waals surface area (Å²) in [7, 11) is 0. The third-order valence-corrected chi connectivity index (χ3v) is 11.5. The summed E-state index contributed by atoms with van der Waals surface area (Å²) in [5.74, 6) is -0.365. The van der Waals surface area contributed by atoms with Gasteiger partial charge < -0.3 is 10.6 Å². The molecule has 6 aromatic carbocycles. The van der Waals surface area contributed by atoms with Crippen LogP contribution in [0.2, 0.25) is 0 Å². The Labute approximate surface area is 297 Å². The van der Waals surface area contributed by atoms with Crippen LogP contribution in [-0.2, 0) is 0 Å². The molecule has 8 heteroatoms. The predicted octanol–water partition coefficient (Wildman–Crippen LogP) is 11.7. The highest BCUT2D eigenvalue weighted by Crippen LogP contribution is 2.46. The van der Waals surface area contributed by atoms with Crippen LogP contribution in [0.3, 0.4) is 0 Å². The van der Waals surface area contributed by atoms with E-state index in [4.69, 9.17) is 0 Å². The van der Waals surface area contributed by atoms with Gasteiger partial charge in [0.05, 0.1) is 22.5 Å². The van der Waals surface area contributed by atoms with Gasteiger partial charge in [0.1, 0.15) is 0 Å². The molecule has 0 saturated carbocycles. The van der Waals surface area contributed by atoms with E-state index in [1.807, 2.05) is 97.4 Å². The number of thioether (sulfide) groups is 2. The molecule has 0 atom stereocenters. The molecular weight excluding hydrogens is 669 g/mol. The highest BCUT2D eigenvalue weighted by Gasteiger charge is 2.38. The van der Waals surface area contributed by atoms with Gasteiger partial charge in [-0.05, 0) is 110 Å². The van der Waals surface area contributed by atoms with Gasteiger partial charge in [-0.1, -0.05) is 59.9 Å². The Morgan fingerprint density at radius 2 is 0.750 bits per heavy atom. The number of para-hydroxylation sites is 2. The van der Waals surface area contributed by atoms with Crippen molar-refractivity contribution in [2.24, 2.45) is 0 Å². The van der Waals surface area contributed by atoms with E-state index in [9.17, 15) is 0 Å². The minimum atomic E-state index is -0.182. The van der Waals surface area contributed by atoms with Crippen molar-refractivity contribution in [2.75, 3.05) is 23.1 Å². The van der Waals surface area contributed by atoms with Crippen LogP contribution in [0.5, 0.6) is 0 Å². The monoisotopic (exact) mass is 698 g/mol. The number of anilines is 4. The number of fused-ring (bicyclic) bond motifs is 2. The quantitative estimate of drug-likeness (QED) is 0.137. The maximum atomic E-state index is 15.0. The topological polar surface area (TPSA) is 58.2 Å². The molecule has 0 spiro atoms. The van der Waals surface area contributed by atoms with Crippen molar-refractivity contribution in [3.8, 4) is 0 Å². The van der Waals surface area contributed by atoms with E-state index in [-0.39, 0.29) is 11.6 Å². The number of nitrogens with one attached hydrogen (secondary N) is 2. The van der Waals surface area contributed by atoms with Crippen molar-refractivity contribution >= 4 is 81.4 Å². The third kappa shape index (κ3) is 6.66. The first-order chi connectivity index (χ1) is 23.5. The van der Waals surface area contributed by atoms with Crippen LogP contribution in [0.4, 0.5) is 22.7 Å². The maximum absolute atomic E-state index is 15.0. The molecule has 0 bridgehead atoms. The molecule has 4 nitrogen and oxygen atoms in total. The van der Waals surface area contributed by atoms with Crippen LogP contribution in [0.15, 0.2) is 163 Å². The molecule has 0 aromatic heterocycles. The van der Waals surface area contributed by atoms with Crippen molar-refractivity contribution in [1.29, 1.82) is 0 Å². The average Bonchev–Trinajstić information content (AvgIpc) is 3.13. The van der Waals surface area contributed by atoms with Crippen LogP contribution in [0, 0.1) is 0 Å². The summed E-state index contributed by atoms with van der Waals surface area (Å²) in [5.41, 5.74) is 4.43. The van der Waals surface area contributed by atoms with Crippen LogP contribution < -0.4 is 10.6 Å². The molecule has 6 aromatic rings. The summed E-state index contributed by atoms with van der Waals surface area (Å²) in [5, 5.41) is 6.87. The summed E-state index contributed by atoms with van der Waals surface area (Å²) in [6, 6.07) is 43.7. The highest BCUT2D eigenvalue weighted by atomic mass is 32.2. The first kappa shape index (κ1) is 32.2. The Hall–Kier alpha value is -4.34. The van der Waals surface area contributed by atoms with Crippen molar-refractivity contribution < 1.29 is 9.59 Å². The van der Waals surface area contributed by atoms with Gasteiger partial charge in [-0.15, -0.1) is 23.5 Å². The number of hydrogen-bond donors (Lipinski definition) is 2. The van der Waals surface area contributed by atoms with E-state index >= 15 is 9.59 Å². The molecule has 1 aliphatic carbocycles. The molecular formula is C40H30N2O2S4. The zero-order valence-electron chi connectivity index (χ0n) is 26.2.